The molecule has 0 spiro atoms. The van der Waals surface area contributed by atoms with Crippen LogP contribution in [0.2, 0.25) is 0 Å². The molecule has 1 aliphatic rings. The van der Waals surface area contributed by atoms with E-state index in [-0.39, 0.29) is 18.4 Å². The molecule has 0 aliphatic carbocycles. The maximum Gasteiger partial charge on any atom is 0.401 e. The van der Waals surface area contributed by atoms with E-state index in [0.717, 1.165) is 4.88 Å². The number of nitrogen functional groups attached to an aromatic ring is 1. The molecule has 2 N–H and O–H groups in total. The highest BCUT2D eigenvalue weighted by atomic mass is 35.5. The number of anilines is 1. The molecule has 1 fully saturated rings. The van der Waals surface area contributed by atoms with Gasteiger partial charge in [-0.2, -0.15) is 13.2 Å². The minimum atomic E-state index is -4.12. The molecular formula is C11H18ClF3N4S. The molecule has 0 bridgehead atoms. The van der Waals surface area contributed by atoms with Crippen LogP contribution in [0.4, 0.5) is 18.3 Å². The van der Waals surface area contributed by atoms with Crippen molar-refractivity contribution in [1.82, 2.24) is 14.8 Å². The zero-order valence-electron chi connectivity index (χ0n) is 11.1. The number of halogens is 4. The van der Waals surface area contributed by atoms with E-state index >= 15 is 0 Å². The third kappa shape index (κ3) is 5.08. The first-order valence-corrected chi connectivity index (χ1v) is 6.88. The van der Waals surface area contributed by atoms with Crippen molar-refractivity contribution in [2.75, 3.05) is 31.9 Å². The van der Waals surface area contributed by atoms with Gasteiger partial charge in [0.1, 0.15) is 0 Å². The molecule has 20 heavy (non-hydrogen) atoms. The summed E-state index contributed by atoms with van der Waals surface area (Å²) in [6.45, 7) is 3.43. The number of hydrogen-bond acceptors (Lipinski definition) is 5. The fraction of sp³-hybridized carbons (Fsp3) is 0.727. The predicted octanol–water partition coefficient (Wildman–Crippen LogP) is 2.22. The molecule has 0 amide bonds. The third-order valence-electron chi connectivity index (χ3n) is 3.18. The molecule has 2 heterocycles. The summed E-state index contributed by atoms with van der Waals surface area (Å²) in [6.07, 6.45) is -2.39. The highest BCUT2D eigenvalue weighted by Gasteiger charge is 2.34. The lowest BCUT2D eigenvalue weighted by atomic mass is 10.2. The van der Waals surface area contributed by atoms with Crippen molar-refractivity contribution in [3.05, 3.63) is 11.1 Å². The Kier molecular flexibility index (Phi) is 6.06. The van der Waals surface area contributed by atoms with Gasteiger partial charge in [-0.1, -0.05) is 0 Å². The molecule has 0 saturated carbocycles. The lowest BCUT2D eigenvalue weighted by Crippen LogP contribution is -2.53. The van der Waals surface area contributed by atoms with Gasteiger partial charge in [-0.05, 0) is 6.92 Å². The van der Waals surface area contributed by atoms with E-state index in [1.807, 2.05) is 6.92 Å². The van der Waals surface area contributed by atoms with Crippen molar-refractivity contribution in [2.24, 2.45) is 0 Å². The molecule has 0 aromatic carbocycles. The van der Waals surface area contributed by atoms with Crippen LogP contribution in [0.15, 0.2) is 6.20 Å². The Hall–Kier alpha value is -0.570. The molecule has 1 aromatic rings. The smallest absolute Gasteiger partial charge is 0.375 e. The molecule has 1 aromatic heterocycles. The molecule has 9 heteroatoms. The average molecular weight is 331 g/mol. The molecular weight excluding hydrogens is 313 g/mol. The topological polar surface area (TPSA) is 45.4 Å². The van der Waals surface area contributed by atoms with Gasteiger partial charge < -0.3 is 5.73 Å². The van der Waals surface area contributed by atoms with E-state index in [2.05, 4.69) is 9.88 Å². The van der Waals surface area contributed by atoms with Crippen LogP contribution >= 0.6 is 23.7 Å². The maximum atomic E-state index is 12.4. The van der Waals surface area contributed by atoms with E-state index in [4.69, 9.17) is 5.73 Å². The van der Waals surface area contributed by atoms with Gasteiger partial charge >= 0.3 is 6.18 Å². The summed E-state index contributed by atoms with van der Waals surface area (Å²) in [5.74, 6) is 0. The van der Waals surface area contributed by atoms with Gasteiger partial charge in [0, 0.05) is 43.3 Å². The van der Waals surface area contributed by atoms with Gasteiger partial charge in [0.2, 0.25) is 0 Å². The minimum absolute atomic E-state index is 0. The quantitative estimate of drug-likeness (QED) is 0.923. The lowest BCUT2D eigenvalue weighted by Gasteiger charge is -2.39. The van der Waals surface area contributed by atoms with Crippen LogP contribution in [0.5, 0.6) is 0 Å². The van der Waals surface area contributed by atoms with Crippen molar-refractivity contribution in [2.45, 2.75) is 25.7 Å². The average Bonchev–Trinajstić information content (AvgIpc) is 2.66. The summed E-state index contributed by atoms with van der Waals surface area (Å²) < 4.78 is 37.2. The Labute approximate surface area is 126 Å². The van der Waals surface area contributed by atoms with Crippen LogP contribution < -0.4 is 5.73 Å². The van der Waals surface area contributed by atoms with Gasteiger partial charge in [0.15, 0.2) is 5.13 Å². The standard InChI is InChI=1S/C11H17F3N4S.ClH/c1-8-5-17(6-9-4-16-10(15)19-9)2-3-18(8)7-11(12,13)14;/h4,8H,2-3,5-7H2,1H3,(H2,15,16);1H. The Balaban J connectivity index is 0.00000200. The largest absolute Gasteiger partial charge is 0.401 e. The van der Waals surface area contributed by atoms with Crippen molar-refractivity contribution in [1.29, 1.82) is 0 Å². The molecule has 0 radical (unpaired) electrons. The fourth-order valence-corrected chi connectivity index (χ4v) is 3.02. The van der Waals surface area contributed by atoms with Crippen LogP contribution in [0.3, 0.4) is 0 Å². The summed E-state index contributed by atoms with van der Waals surface area (Å²) >= 11 is 1.42. The fourth-order valence-electron chi connectivity index (χ4n) is 2.30. The summed E-state index contributed by atoms with van der Waals surface area (Å²) in [5.41, 5.74) is 5.56. The summed E-state index contributed by atoms with van der Waals surface area (Å²) in [6, 6.07) is -0.0966. The predicted molar refractivity (Wildman–Crippen MR) is 76.1 cm³/mol. The van der Waals surface area contributed by atoms with E-state index in [1.165, 1.54) is 16.2 Å². The number of alkyl halides is 3. The van der Waals surface area contributed by atoms with Crippen molar-refractivity contribution >= 4 is 28.9 Å². The molecule has 4 nitrogen and oxygen atoms in total. The Morgan fingerprint density at radius 3 is 2.65 bits per heavy atom. The third-order valence-corrected chi connectivity index (χ3v) is 3.99. The molecule has 1 unspecified atom stereocenters. The lowest BCUT2D eigenvalue weighted by molar-refractivity contribution is -0.155. The van der Waals surface area contributed by atoms with E-state index in [1.54, 1.807) is 6.20 Å². The number of nitrogens with zero attached hydrogens (tertiary/aromatic N) is 3. The summed E-state index contributed by atoms with van der Waals surface area (Å²) in [4.78, 5) is 8.65. The van der Waals surface area contributed by atoms with Gasteiger partial charge in [-0.25, -0.2) is 4.98 Å². The Morgan fingerprint density at radius 2 is 2.15 bits per heavy atom. The van der Waals surface area contributed by atoms with Crippen LogP contribution in [-0.4, -0.2) is 53.2 Å². The van der Waals surface area contributed by atoms with Crippen LogP contribution in [0.1, 0.15) is 11.8 Å². The number of rotatable bonds is 3. The summed E-state index contributed by atoms with van der Waals surface area (Å²) in [5, 5.41) is 0.527. The second kappa shape index (κ2) is 6.93. The van der Waals surface area contributed by atoms with Gasteiger partial charge in [0.25, 0.3) is 0 Å². The van der Waals surface area contributed by atoms with Crippen LogP contribution in [0.25, 0.3) is 0 Å². The molecule has 1 atom stereocenters. The first-order valence-electron chi connectivity index (χ1n) is 6.07. The highest BCUT2D eigenvalue weighted by molar-refractivity contribution is 7.15. The SMILES string of the molecule is CC1CN(Cc2cnc(N)s2)CCN1CC(F)(F)F.Cl. The Morgan fingerprint density at radius 1 is 1.45 bits per heavy atom. The van der Waals surface area contributed by atoms with Crippen molar-refractivity contribution in [3.8, 4) is 0 Å². The van der Waals surface area contributed by atoms with Crippen molar-refractivity contribution < 1.29 is 13.2 Å². The second-order valence-corrected chi connectivity index (χ2v) is 5.98. The van der Waals surface area contributed by atoms with E-state index in [0.29, 0.717) is 31.3 Å². The molecule has 1 aliphatic heterocycles. The van der Waals surface area contributed by atoms with Gasteiger partial charge in [-0.15, -0.1) is 23.7 Å². The van der Waals surface area contributed by atoms with Crippen LogP contribution in [0, 0.1) is 0 Å². The molecule has 1 saturated heterocycles. The first-order chi connectivity index (χ1) is 8.83. The number of thiazole rings is 1. The monoisotopic (exact) mass is 330 g/mol. The molecule has 2 rings (SSSR count). The van der Waals surface area contributed by atoms with Crippen molar-refractivity contribution in [3.63, 3.8) is 0 Å². The normalized spacial score (nSPS) is 21.7. The second-order valence-electron chi connectivity index (χ2n) is 4.83. The first kappa shape index (κ1) is 17.5. The summed E-state index contributed by atoms with van der Waals surface area (Å²) in [7, 11) is 0. The van der Waals surface area contributed by atoms with Gasteiger partial charge in [0.05, 0.1) is 6.54 Å². The van der Waals surface area contributed by atoms with Crippen LogP contribution in [-0.2, 0) is 6.54 Å². The zero-order chi connectivity index (χ0) is 14.0. The minimum Gasteiger partial charge on any atom is -0.375 e. The number of nitrogens with two attached hydrogens (primary N) is 1. The van der Waals surface area contributed by atoms with E-state index in [9.17, 15) is 13.2 Å². The zero-order valence-corrected chi connectivity index (χ0v) is 12.7. The highest BCUT2D eigenvalue weighted by Crippen LogP contribution is 2.22. The Bertz CT molecular complexity index is 426. The van der Waals surface area contributed by atoms with E-state index < -0.39 is 12.7 Å². The molecule has 116 valence electrons. The number of hydrogen-bond donors (Lipinski definition) is 1. The maximum absolute atomic E-state index is 12.4. The number of aromatic nitrogens is 1. The van der Waals surface area contributed by atoms with Gasteiger partial charge in [-0.3, -0.25) is 9.80 Å². The number of piperazine rings is 1.